The highest BCUT2D eigenvalue weighted by Crippen LogP contribution is 2.19. The lowest BCUT2D eigenvalue weighted by molar-refractivity contribution is 1.07. The quantitative estimate of drug-likeness (QED) is 0.456. The summed E-state index contributed by atoms with van der Waals surface area (Å²) in [5.74, 6) is 0.477. The predicted molar refractivity (Wildman–Crippen MR) is 67.2 cm³/mol. The first kappa shape index (κ1) is 10.3. The van der Waals surface area contributed by atoms with Gasteiger partial charge in [0.1, 0.15) is 11.3 Å². The number of nitrogens with two attached hydrogens (primary N) is 1. The summed E-state index contributed by atoms with van der Waals surface area (Å²) in [7, 11) is 0. The van der Waals surface area contributed by atoms with E-state index in [1.165, 1.54) is 0 Å². The average molecular weight is 243 g/mol. The average Bonchev–Trinajstić information content (AvgIpc) is 2.73. The Hall–Kier alpha value is -2.83. The standard InChI is InChI=1S/C11H9N5O2/c12-6-3-1-2-5(4-6)8-13-7-9(14-8)15-11(18)16-10(7)17/h1-4H,12H2,(H3,13,14,15,16,17,18). The molecule has 0 aliphatic rings. The summed E-state index contributed by atoms with van der Waals surface area (Å²) in [4.78, 5) is 34.2. The Morgan fingerprint density at radius 2 is 1.94 bits per heavy atom. The largest absolute Gasteiger partial charge is 0.399 e. The molecule has 0 saturated carbocycles. The second kappa shape index (κ2) is 3.59. The van der Waals surface area contributed by atoms with Gasteiger partial charge in [0.15, 0.2) is 5.65 Å². The Kier molecular flexibility index (Phi) is 2.06. The van der Waals surface area contributed by atoms with Crippen LogP contribution >= 0.6 is 0 Å². The van der Waals surface area contributed by atoms with Gasteiger partial charge >= 0.3 is 5.69 Å². The van der Waals surface area contributed by atoms with E-state index in [-0.39, 0.29) is 11.2 Å². The number of fused-ring (bicyclic) bond motifs is 1. The number of nitrogen functional groups attached to an aromatic ring is 1. The maximum atomic E-state index is 11.5. The van der Waals surface area contributed by atoms with Gasteiger partial charge in [0.05, 0.1) is 0 Å². The van der Waals surface area contributed by atoms with Gasteiger partial charge in [-0.15, -0.1) is 0 Å². The van der Waals surface area contributed by atoms with Crippen molar-refractivity contribution in [1.82, 2.24) is 19.9 Å². The number of H-pyrrole nitrogens is 3. The number of hydrogen-bond acceptors (Lipinski definition) is 4. The van der Waals surface area contributed by atoms with Crippen LogP contribution < -0.4 is 17.0 Å². The number of nitrogens with one attached hydrogen (secondary N) is 3. The molecule has 2 aromatic heterocycles. The van der Waals surface area contributed by atoms with Crippen molar-refractivity contribution >= 4 is 16.9 Å². The van der Waals surface area contributed by atoms with Crippen LogP contribution in [0.25, 0.3) is 22.6 Å². The fraction of sp³-hybridized carbons (Fsp3) is 0. The Bertz CT molecular complexity index is 842. The van der Waals surface area contributed by atoms with Gasteiger partial charge in [0, 0.05) is 11.3 Å². The Morgan fingerprint density at radius 3 is 2.72 bits per heavy atom. The number of benzene rings is 1. The molecule has 0 fully saturated rings. The van der Waals surface area contributed by atoms with Gasteiger partial charge < -0.3 is 10.7 Å². The predicted octanol–water partition coefficient (Wildman–Crippen LogP) is 0.189. The number of nitrogens with zero attached hydrogens (tertiary/aromatic N) is 1. The van der Waals surface area contributed by atoms with E-state index >= 15 is 0 Å². The van der Waals surface area contributed by atoms with Crippen molar-refractivity contribution in [3.05, 3.63) is 45.1 Å². The van der Waals surface area contributed by atoms with E-state index in [9.17, 15) is 9.59 Å². The summed E-state index contributed by atoms with van der Waals surface area (Å²) >= 11 is 0. The van der Waals surface area contributed by atoms with Gasteiger partial charge in [-0.05, 0) is 12.1 Å². The number of hydrogen-bond donors (Lipinski definition) is 4. The first-order valence-corrected chi connectivity index (χ1v) is 5.22. The Labute approximate surface area is 99.7 Å². The molecular weight excluding hydrogens is 234 g/mol. The molecule has 0 unspecified atom stereocenters. The summed E-state index contributed by atoms with van der Waals surface area (Å²) in [6.07, 6.45) is 0. The number of imidazole rings is 1. The van der Waals surface area contributed by atoms with Gasteiger partial charge in [0.25, 0.3) is 5.56 Å². The molecule has 3 aromatic rings. The van der Waals surface area contributed by atoms with Crippen LogP contribution in [-0.4, -0.2) is 19.9 Å². The molecule has 1 aromatic carbocycles. The number of aromatic amines is 3. The molecule has 0 bridgehead atoms. The first-order valence-electron chi connectivity index (χ1n) is 5.22. The molecule has 0 amide bonds. The molecular formula is C11H9N5O2. The monoisotopic (exact) mass is 243 g/mol. The van der Waals surface area contributed by atoms with Crippen LogP contribution in [-0.2, 0) is 0 Å². The first-order chi connectivity index (χ1) is 8.63. The van der Waals surface area contributed by atoms with Crippen molar-refractivity contribution < 1.29 is 0 Å². The zero-order valence-electron chi connectivity index (χ0n) is 9.15. The molecule has 0 radical (unpaired) electrons. The highest BCUT2D eigenvalue weighted by molar-refractivity contribution is 5.75. The SMILES string of the molecule is Nc1cccc(-c2nc3[nH]c(=O)[nH]c(=O)c3[nH]2)c1. The van der Waals surface area contributed by atoms with E-state index in [4.69, 9.17) is 5.73 Å². The molecule has 0 saturated heterocycles. The molecule has 7 nitrogen and oxygen atoms in total. The number of aromatic nitrogens is 4. The highest BCUT2D eigenvalue weighted by Gasteiger charge is 2.09. The molecule has 0 spiro atoms. The second-order valence-electron chi connectivity index (χ2n) is 3.84. The van der Waals surface area contributed by atoms with Crippen molar-refractivity contribution in [2.45, 2.75) is 0 Å². The lowest BCUT2D eigenvalue weighted by atomic mass is 10.2. The minimum atomic E-state index is -0.585. The van der Waals surface area contributed by atoms with Crippen LogP contribution in [0.1, 0.15) is 0 Å². The van der Waals surface area contributed by atoms with E-state index in [1.807, 2.05) is 0 Å². The number of anilines is 1. The van der Waals surface area contributed by atoms with Crippen LogP contribution in [0.4, 0.5) is 5.69 Å². The van der Waals surface area contributed by atoms with Crippen LogP contribution in [0, 0.1) is 0 Å². The van der Waals surface area contributed by atoms with Gasteiger partial charge in [-0.25, -0.2) is 9.78 Å². The molecule has 5 N–H and O–H groups in total. The summed E-state index contributed by atoms with van der Waals surface area (Å²) in [6, 6.07) is 7.07. The van der Waals surface area contributed by atoms with Crippen LogP contribution in [0.3, 0.4) is 0 Å². The van der Waals surface area contributed by atoms with Crippen molar-refractivity contribution in [1.29, 1.82) is 0 Å². The fourth-order valence-electron chi connectivity index (χ4n) is 1.76. The molecule has 18 heavy (non-hydrogen) atoms. The van der Waals surface area contributed by atoms with E-state index in [1.54, 1.807) is 24.3 Å². The topological polar surface area (TPSA) is 120 Å². The van der Waals surface area contributed by atoms with Gasteiger partial charge in [-0.1, -0.05) is 12.1 Å². The Morgan fingerprint density at radius 1 is 1.11 bits per heavy atom. The minimum Gasteiger partial charge on any atom is -0.399 e. The van der Waals surface area contributed by atoms with E-state index in [0.29, 0.717) is 11.5 Å². The molecule has 2 heterocycles. The number of rotatable bonds is 1. The normalized spacial score (nSPS) is 10.9. The summed E-state index contributed by atoms with van der Waals surface area (Å²) in [5.41, 5.74) is 6.38. The third-order valence-electron chi connectivity index (χ3n) is 2.55. The molecule has 90 valence electrons. The highest BCUT2D eigenvalue weighted by atomic mass is 16.2. The maximum absolute atomic E-state index is 11.5. The third kappa shape index (κ3) is 1.58. The third-order valence-corrected chi connectivity index (χ3v) is 2.55. The Balaban J connectivity index is 2.29. The molecule has 3 rings (SSSR count). The minimum absolute atomic E-state index is 0.223. The molecule has 0 aliphatic heterocycles. The van der Waals surface area contributed by atoms with Crippen molar-refractivity contribution in [3.63, 3.8) is 0 Å². The summed E-state index contributed by atoms with van der Waals surface area (Å²) in [5, 5.41) is 0. The van der Waals surface area contributed by atoms with Crippen LogP contribution in [0.2, 0.25) is 0 Å². The van der Waals surface area contributed by atoms with Crippen molar-refractivity contribution in [3.8, 4) is 11.4 Å². The molecule has 7 heteroatoms. The van der Waals surface area contributed by atoms with E-state index in [2.05, 4.69) is 19.9 Å². The lowest BCUT2D eigenvalue weighted by Crippen LogP contribution is -2.21. The lowest BCUT2D eigenvalue weighted by Gasteiger charge is -1.97. The maximum Gasteiger partial charge on any atom is 0.327 e. The second-order valence-corrected chi connectivity index (χ2v) is 3.84. The van der Waals surface area contributed by atoms with Gasteiger partial charge in [-0.2, -0.15) is 0 Å². The van der Waals surface area contributed by atoms with Crippen LogP contribution in [0.15, 0.2) is 33.9 Å². The van der Waals surface area contributed by atoms with Gasteiger partial charge in [0.2, 0.25) is 0 Å². The molecule has 0 atom stereocenters. The van der Waals surface area contributed by atoms with Gasteiger partial charge in [-0.3, -0.25) is 14.8 Å². The van der Waals surface area contributed by atoms with E-state index < -0.39 is 11.2 Å². The van der Waals surface area contributed by atoms with Crippen molar-refractivity contribution in [2.75, 3.05) is 5.73 Å². The zero-order valence-corrected chi connectivity index (χ0v) is 9.15. The fourth-order valence-corrected chi connectivity index (χ4v) is 1.76. The van der Waals surface area contributed by atoms with Crippen molar-refractivity contribution in [2.24, 2.45) is 0 Å². The zero-order chi connectivity index (χ0) is 12.7. The summed E-state index contributed by atoms with van der Waals surface area (Å²) < 4.78 is 0. The van der Waals surface area contributed by atoms with Crippen LogP contribution in [0.5, 0.6) is 0 Å². The van der Waals surface area contributed by atoms with E-state index in [0.717, 1.165) is 5.56 Å². The summed E-state index contributed by atoms with van der Waals surface area (Å²) in [6.45, 7) is 0. The molecule has 0 aliphatic carbocycles. The smallest absolute Gasteiger partial charge is 0.327 e.